The minimum atomic E-state index is 0.0262. The van der Waals surface area contributed by atoms with Gasteiger partial charge in [0.1, 0.15) is 6.33 Å². The summed E-state index contributed by atoms with van der Waals surface area (Å²) < 4.78 is 2.78. The van der Waals surface area contributed by atoms with Crippen molar-refractivity contribution < 1.29 is 0 Å². The largest absolute Gasteiger partial charge is 0.324 e. The maximum atomic E-state index is 5.86. The topological polar surface area (TPSA) is 56.7 Å². The van der Waals surface area contributed by atoms with Crippen LogP contribution in [-0.2, 0) is 7.05 Å². The van der Waals surface area contributed by atoms with E-state index in [9.17, 15) is 0 Å². The highest BCUT2D eigenvalue weighted by atomic mass is 79.9. The molecule has 0 aliphatic rings. The second-order valence-electron chi connectivity index (χ2n) is 3.74. The number of hydrogen-bond donors (Lipinski definition) is 1. The van der Waals surface area contributed by atoms with Crippen LogP contribution in [-0.4, -0.2) is 14.8 Å². The van der Waals surface area contributed by atoms with Gasteiger partial charge in [-0.05, 0) is 24.6 Å². The molecule has 2 aromatic rings. The minimum absolute atomic E-state index is 0.0262. The van der Waals surface area contributed by atoms with Crippen molar-refractivity contribution in [1.29, 1.82) is 0 Å². The highest BCUT2D eigenvalue weighted by Crippen LogP contribution is 2.31. The summed E-state index contributed by atoms with van der Waals surface area (Å²) in [5, 5.41) is 4.90. The van der Waals surface area contributed by atoms with Crippen LogP contribution in [0.3, 0.4) is 0 Å². The number of halogens is 1. The summed E-state index contributed by atoms with van der Waals surface area (Å²) in [5.74, 6) is 0. The minimum Gasteiger partial charge on any atom is -0.324 e. The maximum Gasteiger partial charge on any atom is 0.190 e. The van der Waals surface area contributed by atoms with Crippen LogP contribution in [0.4, 0.5) is 0 Å². The van der Waals surface area contributed by atoms with E-state index in [0.29, 0.717) is 0 Å². The van der Waals surface area contributed by atoms with E-state index in [4.69, 9.17) is 5.73 Å². The third kappa shape index (κ3) is 2.88. The van der Waals surface area contributed by atoms with Crippen molar-refractivity contribution in [1.82, 2.24) is 14.8 Å². The van der Waals surface area contributed by atoms with Crippen LogP contribution < -0.4 is 5.73 Å². The molecule has 1 unspecified atom stereocenters. The second-order valence-corrected chi connectivity index (χ2v) is 5.64. The van der Waals surface area contributed by atoms with Gasteiger partial charge in [0.25, 0.3) is 0 Å². The van der Waals surface area contributed by atoms with E-state index in [1.165, 1.54) is 0 Å². The molecule has 1 atom stereocenters. The van der Waals surface area contributed by atoms with Gasteiger partial charge < -0.3 is 5.73 Å². The first kappa shape index (κ1) is 12.6. The predicted molar refractivity (Wildman–Crippen MR) is 71.9 cm³/mol. The monoisotopic (exact) mass is 312 g/mol. The highest BCUT2D eigenvalue weighted by Gasteiger charge is 2.08. The fourth-order valence-corrected chi connectivity index (χ4v) is 3.12. The fraction of sp³-hybridized carbons (Fsp3) is 0.273. The fourth-order valence-electron chi connectivity index (χ4n) is 1.42. The summed E-state index contributed by atoms with van der Waals surface area (Å²) >= 11 is 5.11. The highest BCUT2D eigenvalue weighted by molar-refractivity contribution is 9.10. The molecule has 0 spiro atoms. The average Bonchev–Trinajstić information content (AvgIpc) is 2.64. The molecule has 0 radical (unpaired) electrons. The number of benzene rings is 1. The number of nitrogens with zero attached hydrogens (tertiary/aromatic N) is 3. The van der Waals surface area contributed by atoms with Crippen LogP contribution in [0.1, 0.15) is 18.5 Å². The summed E-state index contributed by atoms with van der Waals surface area (Å²) in [7, 11) is 1.88. The molecule has 0 aliphatic heterocycles. The number of rotatable bonds is 3. The van der Waals surface area contributed by atoms with Crippen LogP contribution in [0, 0.1) is 0 Å². The second kappa shape index (κ2) is 5.20. The van der Waals surface area contributed by atoms with Crippen molar-refractivity contribution in [2.75, 3.05) is 0 Å². The van der Waals surface area contributed by atoms with Crippen LogP contribution >= 0.6 is 27.7 Å². The Morgan fingerprint density at radius 2 is 2.24 bits per heavy atom. The van der Waals surface area contributed by atoms with E-state index >= 15 is 0 Å². The van der Waals surface area contributed by atoms with E-state index < -0.39 is 0 Å². The Morgan fingerprint density at radius 1 is 1.47 bits per heavy atom. The van der Waals surface area contributed by atoms with Crippen molar-refractivity contribution in [2.24, 2.45) is 12.8 Å². The Hall–Kier alpha value is -0.850. The van der Waals surface area contributed by atoms with Crippen LogP contribution in [0.25, 0.3) is 0 Å². The lowest BCUT2D eigenvalue weighted by molar-refractivity contribution is 0.685. The van der Waals surface area contributed by atoms with Crippen molar-refractivity contribution >= 4 is 27.7 Å². The van der Waals surface area contributed by atoms with E-state index in [-0.39, 0.29) is 6.04 Å². The van der Waals surface area contributed by atoms with Crippen molar-refractivity contribution in [3.8, 4) is 0 Å². The van der Waals surface area contributed by atoms with Crippen LogP contribution in [0.5, 0.6) is 0 Å². The molecule has 2 rings (SSSR count). The normalized spacial score (nSPS) is 12.7. The number of nitrogens with two attached hydrogens (primary N) is 1. The first-order valence-corrected chi connectivity index (χ1v) is 6.75. The molecule has 17 heavy (non-hydrogen) atoms. The molecule has 1 heterocycles. The van der Waals surface area contributed by atoms with Gasteiger partial charge in [0, 0.05) is 22.5 Å². The molecule has 0 fully saturated rings. The molecule has 1 aromatic heterocycles. The summed E-state index contributed by atoms with van der Waals surface area (Å²) in [6.45, 7) is 1.97. The first-order chi connectivity index (χ1) is 8.08. The van der Waals surface area contributed by atoms with E-state index in [2.05, 4.69) is 32.1 Å². The van der Waals surface area contributed by atoms with Crippen molar-refractivity contribution in [3.05, 3.63) is 34.6 Å². The van der Waals surface area contributed by atoms with Crippen LogP contribution in [0.2, 0.25) is 0 Å². The Morgan fingerprint density at radius 3 is 2.76 bits per heavy atom. The number of aromatic nitrogens is 3. The molecule has 4 nitrogen and oxygen atoms in total. The Balaban J connectivity index is 2.24. The molecule has 90 valence electrons. The molecule has 2 N–H and O–H groups in total. The van der Waals surface area contributed by atoms with Gasteiger partial charge in [-0.1, -0.05) is 33.8 Å². The quantitative estimate of drug-likeness (QED) is 0.946. The van der Waals surface area contributed by atoms with Crippen molar-refractivity contribution in [2.45, 2.75) is 23.0 Å². The molecule has 0 bridgehead atoms. The predicted octanol–water partition coefficient (Wildman–Crippen LogP) is 2.75. The summed E-state index contributed by atoms with van der Waals surface area (Å²) in [6.07, 6.45) is 1.55. The molecule has 0 aliphatic carbocycles. The smallest absolute Gasteiger partial charge is 0.190 e. The van der Waals surface area contributed by atoms with Gasteiger partial charge >= 0.3 is 0 Å². The third-order valence-corrected chi connectivity index (χ3v) is 4.07. The summed E-state index contributed by atoms with van der Waals surface area (Å²) in [4.78, 5) is 5.28. The Kier molecular flexibility index (Phi) is 3.86. The zero-order valence-electron chi connectivity index (χ0n) is 9.59. The average molecular weight is 313 g/mol. The zero-order chi connectivity index (χ0) is 12.4. The van der Waals surface area contributed by atoms with Crippen LogP contribution in [0.15, 0.2) is 39.1 Å². The SMILES string of the molecule is CC(N)c1ccc(Sc2ncnn2C)cc1Br. The van der Waals surface area contributed by atoms with Crippen molar-refractivity contribution in [3.63, 3.8) is 0 Å². The lowest BCUT2D eigenvalue weighted by atomic mass is 10.1. The third-order valence-electron chi connectivity index (χ3n) is 2.34. The van der Waals surface area contributed by atoms with Gasteiger partial charge in [-0.3, -0.25) is 0 Å². The van der Waals surface area contributed by atoms with Gasteiger partial charge in [0.15, 0.2) is 5.16 Å². The van der Waals surface area contributed by atoms with E-state index in [1.807, 2.05) is 26.1 Å². The Bertz CT molecular complexity index is 524. The molecule has 0 saturated carbocycles. The van der Waals surface area contributed by atoms with Gasteiger partial charge in [0.2, 0.25) is 0 Å². The van der Waals surface area contributed by atoms with Gasteiger partial charge in [0.05, 0.1) is 0 Å². The maximum absolute atomic E-state index is 5.86. The lowest BCUT2D eigenvalue weighted by Gasteiger charge is -2.09. The first-order valence-electron chi connectivity index (χ1n) is 5.15. The summed E-state index contributed by atoms with van der Waals surface area (Å²) in [5.41, 5.74) is 6.97. The lowest BCUT2D eigenvalue weighted by Crippen LogP contribution is -2.05. The standard InChI is InChI=1S/C11H13BrN4S/c1-7(13)9-4-3-8(5-10(9)12)17-11-14-6-15-16(11)2/h3-7H,13H2,1-2H3. The number of aryl methyl sites for hydroxylation is 1. The molecule has 6 heteroatoms. The molecule has 1 aromatic carbocycles. The van der Waals surface area contributed by atoms with Gasteiger partial charge in [-0.2, -0.15) is 5.10 Å². The van der Waals surface area contributed by atoms with E-state index in [0.717, 1.165) is 20.1 Å². The molecular formula is C11H13BrN4S. The zero-order valence-corrected chi connectivity index (χ0v) is 12.0. The van der Waals surface area contributed by atoms with E-state index in [1.54, 1.807) is 22.8 Å². The molecule has 0 saturated heterocycles. The Labute approximate surface area is 113 Å². The molecule has 0 amide bonds. The van der Waals surface area contributed by atoms with Gasteiger partial charge in [-0.25, -0.2) is 9.67 Å². The number of hydrogen-bond acceptors (Lipinski definition) is 4. The summed E-state index contributed by atoms with van der Waals surface area (Å²) in [6, 6.07) is 6.16. The van der Waals surface area contributed by atoms with Gasteiger partial charge in [-0.15, -0.1) is 0 Å². The molecular weight excluding hydrogens is 300 g/mol.